The molecule has 3 fully saturated rings. The summed E-state index contributed by atoms with van der Waals surface area (Å²) in [5.41, 5.74) is 2.22. The van der Waals surface area contributed by atoms with E-state index >= 15 is 0 Å². The number of esters is 1. The first kappa shape index (κ1) is 68.1. The molecule has 4 aliphatic heterocycles. The summed E-state index contributed by atoms with van der Waals surface area (Å²) in [4.78, 5) is 27.9. The Bertz CT molecular complexity index is 3020. The lowest BCUT2D eigenvalue weighted by atomic mass is 9.77. The van der Waals surface area contributed by atoms with Gasteiger partial charge in [0.1, 0.15) is 30.0 Å². The smallest absolute Gasteiger partial charge is 0.311 e. The van der Waals surface area contributed by atoms with Gasteiger partial charge in [-0.3, -0.25) is 9.79 Å². The standard InChI is InChI=1S/C38H72N2O12.C27H22Cl2N4/c1-15-27-38(10,46)31(42)24(6)40(13)19-20(2)17-36(8,45)33(52-35-29(41)26(39(11)12)16-21(3)48-35)22(4)30(23(5)34(44)50-27)51-28-18-37(9,47-14)32(43)25(7)49-28;1-17(2)30-24-16-27-25(15-23(24)31-20-11-7-18(28)8-12-20)32-22-5-3-4-6-26(22)33(27)21-13-9-19(29)10-14-21/h20-33,35,41-43,45-46H,15-19H2,1-14H3;3-17,31H,1-2H3/t20-,21-,22+,23-,24-,25+,26+,27-,28+,29-,30+,31-,32+,33-,35+,36-,37-,38-;/m1./s1. The van der Waals surface area contributed by atoms with Gasteiger partial charge in [-0.1, -0.05) is 56.1 Å². The van der Waals surface area contributed by atoms with E-state index in [9.17, 15) is 30.3 Å². The Balaban J connectivity index is 0.000000267. The molecule has 0 bridgehead atoms. The van der Waals surface area contributed by atoms with Crippen LogP contribution in [0.25, 0.3) is 28.1 Å². The lowest BCUT2D eigenvalue weighted by molar-refractivity contribution is -0.318. The number of rotatable bonds is 11. The number of nitrogens with one attached hydrogen (secondary N) is 1. The predicted molar refractivity (Wildman–Crippen MR) is 332 cm³/mol. The summed E-state index contributed by atoms with van der Waals surface area (Å²) in [6.45, 7) is 22.2. The number of carbonyl (C=O) groups excluding carboxylic acids is 1. The van der Waals surface area contributed by atoms with Crippen LogP contribution in [0.2, 0.25) is 10.0 Å². The van der Waals surface area contributed by atoms with E-state index in [4.69, 9.17) is 61.6 Å². The van der Waals surface area contributed by atoms with Crippen molar-refractivity contribution < 1.29 is 58.7 Å². The number of aliphatic hydroxyl groups excluding tert-OH is 3. The molecule has 0 aromatic heterocycles. The Hall–Kier alpha value is -4.35. The molecule has 85 heavy (non-hydrogen) atoms. The Morgan fingerprint density at radius 3 is 2.12 bits per heavy atom. The topological polar surface area (TPSA) is 222 Å². The van der Waals surface area contributed by atoms with Gasteiger partial charge in [0.2, 0.25) is 0 Å². The maximum absolute atomic E-state index is 14.2. The SMILES string of the molecule is CC(C)N=c1cc2n(-c3ccc(Cl)cc3)c3ccccc3nc-2cc1Nc1ccc(Cl)cc1.CC[C@H]1OC(=O)[C@H](C)[C@@H](O[C@H]2C[C@@](C)(OC)[C@@H](O)[C@H](C)O2)[C@H](C)[C@@H](O[C@@H]2O[C@H](C)C[C@H](N(C)C)[C@H]2O)[C@](C)(O)C[C@@H](C)CN(C)[C@H](C)[C@@H](O)[C@]1(C)O. The first-order valence-corrected chi connectivity index (χ1v) is 30.7. The number of fused-ring (bicyclic) bond motifs is 2. The molecule has 0 unspecified atom stereocenters. The average Bonchev–Trinajstić information content (AvgIpc) is 1.61. The predicted octanol–water partition coefficient (Wildman–Crippen LogP) is 9.39. The van der Waals surface area contributed by atoms with Gasteiger partial charge >= 0.3 is 5.97 Å². The van der Waals surface area contributed by atoms with Crippen LogP contribution in [0.1, 0.15) is 109 Å². The van der Waals surface area contributed by atoms with E-state index in [2.05, 4.69) is 41.9 Å². The molecule has 6 N–H and O–H groups in total. The molecule has 0 spiro atoms. The van der Waals surface area contributed by atoms with Gasteiger partial charge in [-0.05, 0) is 181 Å². The van der Waals surface area contributed by atoms with E-state index in [1.165, 1.54) is 14.0 Å². The maximum Gasteiger partial charge on any atom is 0.311 e. The number of methoxy groups -OCH3 is 1. The molecular weight excluding hydrogens is 1130 g/mol. The Labute approximate surface area is 512 Å². The number of aliphatic hydroxyl groups is 5. The number of aromatic nitrogens is 2. The minimum atomic E-state index is -1.80. The van der Waals surface area contributed by atoms with Gasteiger partial charge in [0.15, 0.2) is 12.6 Å². The minimum Gasteiger partial charge on any atom is -0.459 e. The second kappa shape index (κ2) is 28.4. The molecule has 18 atom stereocenters. The number of ether oxygens (including phenoxy) is 6. The number of hydrogen-bond acceptors (Lipinski definition) is 17. The first-order valence-electron chi connectivity index (χ1n) is 29.9. The van der Waals surface area contributed by atoms with Crippen molar-refractivity contribution in [1.29, 1.82) is 0 Å². The molecule has 5 aliphatic rings. The van der Waals surface area contributed by atoms with Gasteiger partial charge in [-0.15, -0.1) is 0 Å². The van der Waals surface area contributed by atoms with Gasteiger partial charge in [-0.25, -0.2) is 4.98 Å². The van der Waals surface area contributed by atoms with Crippen LogP contribution >= 0.6 is 23.2 Å². The van der Waals surface area contributed by atoms with Crippen LogP contribution in [0.5, 0.6) is 0 Å². The van der Waals surface area contributed by atoms with Crippen molar-refractivity contribution in [3.8, 4) is 17.1 Å². The molecule has 0 radical (unpaired) electrons. The summed E-state index contributed by atoms with van der Waals surface area (Å²) in [5, 5.41) is 63.9. The zero-order valence-electron chi connectivity index (χ0n) is 52.4. The highest BCUT2D eigenvalue weighted by molar-refractivity contribution is 6.30. The quantitative estimate of drug-likeness (QED) is 0.0535. The summed E-state index contributed by atoms with van der Waals surface area (Å²) in [5.74, 6) is -2.58. The summed E-state index contributed by atoms with van der Waals surface area (Å²) in [6, 6.07) is 27.1. The molecule has 0 saturated carbocycles. The van der Waals surface area contributed by atoms with Crippen LogP contribution in [0.15, 0.2) is 89.9 Å². The molecule has 3 aromatic carbocycles. The van der Waals surface area contributed by atoms with Gasteiger partial charge < -0.3 is 73.6 Å². The van der Waals surface area contributed by atoms with Crippen LogP contribution in [-0.2, 0) is 33.2 Å². The molecule has 0 amide bonds. The molecule has 3 saturated heterocycles. The lowest BCUT2D eigenvalue weighted by Crippen LogP contribution is -2.60. The maximum atomic E-state index is 14.2. The third-order valence-electron chi connectivity index (χ3n) is 17.5. The van der Waals surface area contributed by atoms with Crippen molar-refractivity contribution in [3.63, 3.8) is 0 Å². The fraction of sp³-hybridized carbons (Fsp3) is 0.615. The van der Waals surface area contributed by atoms with Crippen molar-refractivity contribution >= 4 is 51.6 Å². The summed E-state index contributed by atoms with van der Waals surface area (Å²) < 4.78 is 39.7. The van der Waals surface area contributed by atoms with Gasteiger partial charge in [-0.2, -0.15) is 0 Å². The third-order valence-corrected chi connectivity index (χ3v) is 18.0. The zero-order chi connectivity index (χ0) is 62.6. The highest BCUT2D eigenvalue weighted by atomic mass is 35.5. The fourth-order valence-electron chi connectivity index (χ4n) is 12.6. The number of anilines is 2. The normalized spacial score (nSPS) is 35.0. The largest absolute Gasteiger partial charge is 0.459 e. The van der Waals surface area contributed by atoms with Crippen molar-refractivity contribution in [2.24, 2.45) is 22.7 Å². The van der Waals surface area contributed by atoms with E-state index in [-0.39, 0.29) is 43.4 Å². The van der Waals surface area contributed by atoms with E-state index < -0.39 is 96.0 Å². The molecule has 20 heteroatoms. The average molecular weight is 1220 g/mol. The van der Waals surface area contributed by atoms with Crippen LogP contribution in [-0.4, -0.2) is 182 Å². The number of halogens is 2. The summed E-state index contributed by atoms with van der Waals surface area (Å²) in [6.07, 6.45) is -8.19. The van der Waals surface area contributed by atoms with E-state index in [0.717, 1.165) is 44.8 Å². The first-order chi connectivity index (χ1) is 39.9. The Kier molecular flexibility index (Phi) is 22.8. The van der Waals surface area contributed by atoms with Crippen LogP contribution in [0.3, 0.4) is 0 Å². The Morgan fingerprint density at radius 2 is 1.51 bits per heavy atom. The van der Waals surface area contributed by atoms with Crippen LogP contribution < -0.4 is 10.7 Å². The van der Waals surface area contributed by atoms with Crippen molar-refractivity contribution in [3.05, 3.63) is 100 Å². The van der Waals surface area contributed by atoms with Crippen molar-refractivity contribution in [2.75, 3.05) is 40.1 Å². The monoisotopic (exact) mass is 1220 g/mol. The molecule has 8 rings (SSSR count). The lowest BCUT2D eigenvalue weighted by Gasteiger charge is -2.48. The van der Waals surface area contributed by atoms with Gasteiger partial charge in [0.25, 0.3) is 0 Å². The molecule has 3 aromatic rings. The number of para-hydroxylation sites is 2. The number of hydrogen-bond donors (Lipinski definition) is 6. The van der Waals surface area contributed by atoms with Gasteiger partial charge in [0.05, 0.1) is 75.0 Å². The van der Waals surface area contributed by atoms with Crippen LogP contribution in [0, 0.1) is 17.8 Å². The molecular formula is C65H94Cl2N6O12. The second-order valence-electron chi connectivity index (χ2n) is 25.3. The third kappa shape index (κ3) is 15.9. The van der Waals surface area contributed by atoms with E-state index in [1.807, 2.05) is 118 Å². The fourth-order valence-corrected chi connectivity index (χ4v) is 12.9. The van der Waals surface area contributed by atoms with Crippen molar-refractivity contribution in [1.82, 2.24) is 19.4 Å². The highest BCUT2D eigenvalue weighted by Gasteiger charge is 2.53. The number of nitrogens with zero attached hydrogens (tertiary/aromatic N) is 5. The van der Waals surface area contributed by atoms with Crippen LogP contribution in [0.4, 0.5) is 11.4 Å². The molecule has 470 valence electrons. The second-order valence-corrected chi connectivity index (χ2v) is 26.2. The number of likely N-dealkylation sites (N-methyl/N-ethyl adjacent to an activating group) is 2. The molecule has 4 heterocycles. The summed E-state index contributed by atoms with van der Waals surface area (Å²) in [7, 11) is 7.12. The van der Waals surface area contributed by atoms with E-state index in [1.54, 1.807) is 41.5 Å². The highest BCUT2D eigenvalue weighted by Crippen LogP contribution is 2.41. The molecule has 1 aliphatic carbocycles. The zero-order valence-corrected chi connectivity index (χ0v) is 54.0. The van der Waals surface area contributed by atoms with Gasteiger partial charge in [0, 0.05) is 65.5 Å². The summed E-state index contributed by atoms with van der Waals surface area (Å²) >= 11 is 12.2. The number of benzene rings is 4. The molecule has 18 nitrogen and oxygen atoms in total. The van der Waals surface area contributed by atoms with Crippen molar-refractivity contribution in [2.45, 2.75) is 205 Å². The minimum absolute atomic E-state index is 0.130. The number of cyclic esters (lactones) is 1. The Morgan fingerprint density at radius 1 is 0.871 bits per heavy atom. The number of carbonyl (C=O) groups is 1. The van der Waals surface area contributed by atoms with E-state index in [0.29, 0.717) is 23.0 Å².